The third kappa shape index (κ3) is 4.20. The second kappa shape index (κ2) is 8.10. The summed E-state index contributed by atoms with van der Waals surface area (Å²) in [5.74, 6) is -0.446. The molecule has 0 radical (unpaired) electrons. The van der Waals surface area contributed by atoms with E-state index in [0.717, 1.165) is 12.1 Å². The number of pyridine rings is 1. The van der Waals surface area contributed by atoms with E-state index in [0.29, 0.717) is 22.4 Å². The summed E-state index contributed by atoms with van der Waals surface area (Å²) in [5, 5.41) is 2.64. The van der Waals surface area contributed by atoms with Crippen molar-refractivity contribution < 1.29 is 18.0 Å². The minimum Gasteiger partial charge on any atom is -0.350 e. The molecular formula is C22H17F3N4O2. The normalized spacial score (nSPS) is 11.6. The number of rotatable bonds is 5. The number of para-hydroxylation sites is 1. The van der Waals surface area contributed by atoms with Crippen LogP contribution < -0.4 is 11.0 Å². The molecule has 0 aliphatic rings. The molecule has 2 aromatic heterocycles. The molecule has 0 aliphatic carbocycles. The molecule has 1 N–H and O–H groups in total. The summed E-state index contributed by atoms with van der Waals surface area (Å²) in [6.07, 6.45) is -2.85. The van der Waals surface area contributed by atoms with Gasteiger partial charge in [0.25, 0.3) is 0 Å². The van der Waals surface area contributed by atoms with E-state index in [2.05, 4.69) is 10.3 Å². The lowest BCUT2D eigenvalue weighted by Crippen LogP contribution is -2.32. The predicted molar refractivity (Wildman–Crippen MR) is 109 cm³/mol. The summed E-state index contributed by atoms with van der Waals surface area (Å²) >= 11 is 0. The van der Waals surface area contributed by atoms with Gasteiger partial charge in [-0.25, -0.2) is 14.3 Å². The molecule has 0 aliphatic heterocycles. The molecule has 9 heteroatoms. The lowest BCUT2D eigenvalue weighted by Gasteiger charge is -2.09. The van der Waals surface area contributed by atoms with Crippen LogP contribution in [0.5, 0.6) is 0 Å². The van der Waals surface area contributed by atoms with E-state index < -0.39 is 23.3 Å². The zero-order chi connectivity index (χ0) is 22.0. The molecule has 0 unspecified atom stereocenters. The van der Waals surface area contributed by atoms with E-state index in [9.17, 15) is 22.8 Å². The first-order chi connectivity index (χ1) is 14.8. The van der Waals surface area contributed by atoms with Crippen molar-refractivity contribution in [2.75, 3.05) is 0 Å². The van der Waals surface area contributed by atoms with Gasteiger partial charge in [0.05, 0.1) is 16.8 Å². The molecule has 31 heavy (non-hydrogen) atoms. The van der Waals surface area contributed by atoms with Crippen molar-refractivity contribution in [3.05, 3.63) is 94.5 Å². The Hall–Kier alpha value is -3.88. The lowest BCUT2D eigenvalue weighted by atomic mass is 10.1. The van der Waals surface area contributed by atoms with Crippen molar-refractivity contribution in [3.8, 4) is 5.69 Å². The van der Waals surface area contributed by atoms with Crippen LogP contribution in [0.3, 0.4) is 0 Å². The average Bonchev–Trinajstić information content (AvgIpc) is 3.04. The number of carbonyl (C=O) groups is 1. The van der Waals surface area contributed by atoms with E-state index in [4.69, 9.17) is 0 Å². The number of alkyl halides is 3. The van der Waals surface area contributed by atoms with Gasteiger partial charge >= 0.3 is 11.9 Å². The number of benzene rings is 2. The van der Waals surface area contributed by atoms with Gasteiger partial charge in [-0.2, -0.15) is 13.2 Å². The smallest absolute Gasteiger partial charge is 0.350 e. The van der Waals surface area contributed by atoms with Crippen LogP contribution in [0.2, 0.25) is 0 Å². The van der Waals surface area contributed by atoms with Crippen LogP contribution in [0.4, 0.5) is 13.2 Å². The topological polar surface area (TPSA) is 68.9 Å². The van der Waals surface area contributed by atoms with E-state index in [-0.39, 0.29) is 13.1 Å². The molecule has 0 fully saturated rings. The highest BCUT2D eigenvalue weighted by Crippen LogP contribution is 2.29. The van der Waals surface area contributed by atoms with Crippen molar-refractivity contribution in [2.45, 2.75) is 19.3 Å². The van der Waals surface area contributed by atoms with Crippen molar-refractivity contribution in [3.63, 3.8) is 0 Å². The summed E-state index contributed by atoms with van der Waals surface area (Å²) in [5.41, 5.74) is 0.900. The van der Waals surface area contributed by atoms with Crippen molar-refractivity contribution in [2.24, 2.45) is 0 Å². The van der Waals surface area contributed by atoms with Crippen LogP contribution in [0, 0.1) is 0 Å². The van der Waals surface area contributed by atoms with Gasteiger partial charge in [0.1, 0.15) is 6.54 Å². The average molecular weight is 426 g/mol. The standard InChI is InChI=1S/C22H17F3N4O2/c23-22(24,25)16-10-8-15(9-11-16)13-27-19(30)14-28-18-7-4-12-26-20(18)29(21(28)31)17-5-2-1-3-6-17/h1-12H,13-14H2,(H,27,30). The molecule has 0 atom stereocenters. The van der Waals surface area contributed by atoms with Crippen LogP contribution in [0.25, 0.3) is 16.9 Å². The number of hydrogen-bond donors (Lipinski definition) is 1. The van der Waals surface area contributed by atoms with Gasteiger partial charge in [0.15, 0.2) is 5.65 Å². The molecule has 2 aromatic carbocycles. The zero-order valence-electron chi connectivity index (χ0n) is 16.1. The van der Waals surface area contributed by atoms with E-state index in [1.54, 1.807) is 42.6 Å². The molecule has 6 nitrogen and oxygen atoms in total. The Morgan fingerprint density at radius 2 is 1.68 bits per heavy atom. The van der Waals surface area contributed by atoms with Gasteiger partial charge in [-0.05, 0) is 42.0 Å². The van der Waals surface area contributed by atoms with E-state index in [1.807, 2.05) is 6.07 Å². The molecule has 0 saturated carbocycles. The van der Waals surface area contributed by atoms with Crippen molar-refractivity contribution in [1.82, 2.24) is 19.4 Å². The predicted octanol–water partition coefficient (Wildman–Crippen LogP) is 3.52. The Morgan fingerprint density at radius 1 is 0.968 bits per heavy atom. The van der Waals surface area contributed by atoms with E-state index >= 15 is 0 Å². The molecule has 4 aromatic rings. The van der Waals surface area contributed by atoms with Crippen molar-refractivity contribution >= 4 is 17.1 Å². The third-order valence-corrected chi connectivity index (χ3v) is 4.78. The highest BCUT2D eigenvalue weighted by atomic mass is 19.4. The maximum absolute atomic E-state index is 13.0. The highest BCUT2D eigenvalue weighted by molar-refractivity contribution is 5.80. The van der Waals surface area contributed by atoms with Crippen LogP contribution in [-0.4, -0.2) is 20.0 Å². The summed E-state index contributed by atoms with van der Waals surface area (Å²) in [6.45, 7) is -0.206. The molecule has 2 heterocycles. The van der Waals surface area contributed by atoms with E-state index in [1.165, 1.54) is 21.3 Å². The summed E-state index contributed by atoms with van der Waals surface area (Å²) in [6, 6.07) is 16.9. The first-order valence-corrected chi connectivity index (χ1v) is 9.39. The molecule has 1 amide bonds. The Balaban J connectivity index is 1.54. The second-order valence-corrected chi connectivity index (χ2v) is 6.86. The minimum absolute atomic E-state index is 0.0430. The van der Waals surface area contributed by atoms with Gasteiger partial charge in [-0.3, -0.25) is 9.36 Å². The van der Waals surface area contributed by atoms with Gasteiger partial charge in [-0.15, -0.1) is 0 Å². The third-order valence-electron chi connectivity index (χ3n) is 4.78. The molecule has 0 bridgehead atoms. The Bertz CT molecular complexity index is 1280. The lowest BCUT2D eigenvalue weighted by molar-refractivity contribution is -0.137. The maximum Gasteiger partial charge on any atom is 0.416 e. The van der Waals surface area contributed by atoms with Gasteiger partial charge in [-0.1, -0.05) is 30.3 Å². The van der Waals surface area contributed by atoms with Crippen LogP contribution in [0.15, 0.2) is 77.7 Å². The largest absolute Gasteiger partial charge is 0.416 e. The van der Waals surface area contributed by atoms with Gasteiger partial charge < -0.3 is 5.32 Å². The second-order valence-electron chi connectivity index (χ2n) is 6.86. The number of amides is 1. The maximum atomic E-state index is 13.0. The molecule has 158 valence electrons. The number of halogens is 3. The highest BCUT2D eigenvalue weighted by Gasteiger charge is 2.29. The number of carbonyl (C=O) groups excluding carboxylic acids is 1. The first-order valence-electron chi connectivity index (χ1n) is 9.39. The summed E-state index contributed by atoms with van der Waals surface area (Å²) in [7, 11) is 0. The van der Waals surface area contributed by atoms with Crippen LogP contribution in [-0.2, 0) is 24.1 Å². The summed E-state index contributed by atoms with van der Waals surface area (Å²) < 4.78 is 40.7. The Morgan fingerprint density at radius 3 is 2.35 bits per heavy atom. The SMILES string of the molecule is O=C(Cn1c(=O)n(-c2ccccc2)c2ncccc21)NCc1ccc(C(F)(F)F)cc1. The van der Waals surface area contributed by atoms with Crippen LogP contribution in [0.1, 0.15) is 11.1 Å². The monoisotopic (exact) mass is 426 g/mol. The Labute approximate surface area is 174 Å². The van der Waals surface area contributed by atoms with Gasteiger partial charge in [0.2, 0.25) is 5.91 Å². The number of fused-ring (bicyclic) bond motifs is 1. The number of nitrogens with zero attached hydrogens (tertiary/aromatic N) is 3. The number of imidazole rings is 1. The fourth-order valence-corrected chi connectivity index (χ4v) is 3.26. The van der Waals surface area contributed by atoms with Gasteiger partial charge in [0, 0.05) is 12.7 Å². The first kappa shape index (κ1) is 20.4. The fourth-order valence-electron chi connectivity index (χ4n) is 3.26. The van der Waals surface area contributed by atoms with Crippen LogP contribution >= 0.6 is 0 Å². The molecule has 4 rings (SSSR count). The number of nitrogens with one attached hydrogen (secondary N) is 1. The fraction of sp³-hybridized carbons (Fsp3) is 0.136. The zero-order valence-corrected chi connectivity index (χ0v) is 16.1. The quantitative estimate of drug-likeness (QED) is 0.531. The molecule has 0 saturated heterocycles. The van der Waals surface area contributed by atoms with Crippen molar-refractivity contribution in [1.29, 1.82) is 0 Å². The minimum atomic E-state index is -4.41. The molecular weight excluding hydrogens is 409 g/mol. The number of hydrogen-bond acceptors (Lipinski definition) is 3. The number of aromatic nitrogens is 3. The molecule has 0 spiro atoms. The summed E-state index contributed by atoms with van der Waals surface area (Å²) in [4.78, 5) is 29.8. The Kier molecular flexibility index (Phi) is 5.33.